The molecule has 5 heteroatoms. The van der Waals surface area contributed by atoms with E-state index in [9.17, 15) is 9.50 Å². The Hall–Kier alpha value is -1.01. The van der Waals surface area contributed by atoms with Crippen LogP contribution in [0.15, 0.2) is 24.3 Å². The average molecular weight is 311 g/mol. The van der Waals surface area contributed by atoms with Crippen LogP contribution in [0.5, 0.6) is 0 Å². The molecule has 0 spiro atoms. The van der Waals surface area contributed by atoms with Crippen molar-refractivity contribution in [3.63, 3.8) is 0 Å². The molecule has 1 aliphatic rings. The highest BCUT2D eigenvalue weighted by molar-refractivity contribution is 5.16. The van der Waals surface area contributed by atoms with Crippen LogP contribution in [-0.2, 0) is 11.3 Å². The van der Waals surface area contributed by atoms with E-state index in [1.54, 1.807) is 18.2 Å². The fraction of sp³-hybridized carbons (Fsp3) is 0.647. The summed E-state index contributed by atoms with van der Waals surface area (Å²) in [5.41, 5.74) is 0.505. The molecular formula is C17H26FNO3. The van der Waals surface area contributed by atoms with Gasteiger partial charge in [0.15, 0.2) is 0 Å². The van der Waals surface area contributed by atoms with Crippen molar-refractivity contribution in [2.75, 3.05) is 26.3 Å². The van der Waals surface area contributed by atoms with Gasteiger partial charge in [-0.15, -0.1) is 0 Å². The van der Waals surface area contributed by atoms with E-state index in [4.69, 9.17) is 9.84 Å². The molecule has 0 amide bonds. The largest absolute Gasteiger partial charge is 0.396 e. The van der Waals surface area contributed by atoms with E-state index in [0.717, 1.165) is 25.8 Å². The number of hydrogen-bond donors (Lipinski definition) is 2. The van der Waals surface area contributed by atoms with E-state index in [2.05, 4.69) is 4.90 Å². The van der Waals surface area contributed by atoms with Crippen molar-refractivity contribution in [2.45, 2.75) is 44.4 Å². The van der Waals surface area contributed by atoms with Crippen molar-refractivity contribution in [1.82, 2.24) is 4.90 Å². The van der Waals surface area contributed by atoms with Gasteiger partial charge in [0.1, 0.15) is 5.82 Å². The number of piperidine rings is 1. The summed E-state index contributed by atoms with van der Waals surface area (Å²) in [5.74, 6) is -0.281. The Morgan fingerprint density at radius 2 is 2.14 bits per heavy atom. The van der Waals surface area contributed by atoms with E-state index in [0.29, 0.717) is 18.2 Å². The van der Waals surface area contributed by atoms with Gasteiger partial charge in [-0.25, -0.2) is 4.39 Å². The van der Waals surface area contributed by atoms with Gasteiger partial charge in [-0.05, 0) is 31.9 Å². The SMILES string of the molecule is OCC[C@@H]1CCCCN1C[C@@H](O)COCc1ccccc1F. The van der Waals surface area contributed by atoms with Crippen LogP contribution in [0.3, 0.4) is 0 Å². The first-order valence-corrected chi connectivity index (χ1v) is 8.05. The Labute approximate surface area is 131 Å². The van der Waals surface area contributed by atoms with Crippen LogP contribution in [0.4, 0.5) is 4.39 Å². The monoisotopic (exact) mass is 311 g/mol. The second kappa shape index (κ2) is 9.20. The highest BCUT2D eigenvalue weighted by Gasteiger charge is 2.23. The number of halogens is 1. The minimum atomic E-state index is -0.592. The van der Waals surface area contributed by atoms with E-state index >= 15 is 0 Å². The van der Waals surface area contributed by atoms with Crippen LogP contribution < -0.4 is 0 Å². The lowest BCUT2D eigenvalue weighted by atomic mass is 9.99. The second-order valence-corrected chi connectivity index (χ2v) is 5.92. The topological polar surface area (TPSA) is 52.9 Å². The normalized spacial score (nSPS) is 21.0. The number of aliphatic hydroxyl groups is 2. The molecule has 0 aliphatic carbocycles. The maximum Gasteiger partial charge on any atom is 0.128 e. The maximum atomic E-state index is 13.4. The number of β-amino-alcohol motifs (C(OH)–C–C–N with tert-alkyl or cyclic N) is 1. The van der Waals surface area contributed by atoms with Crippen molar-refractivity contribution in [3.8, 4) is 0 Å². The number of likely N-dealkylation sites (tertiary alicyclic amines) is 1. The summed E-state index contributed by atoms with van der Waals surface area (Å²) in [6.07, 6.45) is 3.55. The molecule has 1 heterocycles. The summed E-state index contributed by atoms with van der Waals surface area (Å²) >= 11 is 0. The van der Waals surface area contributed by atoms with E-state index in [-0.39, 0.29) is 25.6 Å². The van der Waals surface area contributed by atoms with Gasteiger partial charge in [0.2, 0.25) is 0 Å². The van der Waals surface area contributed by atoms with Gasteiger partial charge in [0.05, 0.1) is 19.3 Å². The van der Waals surface area contributed by atoms with Gasteiger partial charge in [-0.3, -0.25) is 4.90 Å². The lowest BCUT2D eigenvalue weighted by Crippen LogP contribution is -2.45. The van der Waals surface area contributed by atoms with Crippen LogP contribution in [0.25, 0.3) is 0 Å². The molecule has 1 aromatic rings. The molecular weight excluding hydrogens is 285 g/mol. The van der Waals surface area contributed by atoms with Gasteiger partial charge in [-0.1, -0.05) is 24.6 Å². The summed E-state index contributed by atoms with van der Waals surface area (Å²) in [7, 11) is 0. The molecule has 1 fully saturated rings. The molecule has 0 unspecified atom stereocenters. The van der Waals surface area contributed by atoms with Crippen LogP contribution in [0, 0.1) is 5.82 Å². The first kappa shape index (κ1) is 17.3. The summed E-state index contributed by atoms with van der Waals surface area (Å²) in [4.78, 5) is 2.23. The van der Waals surface area contributed by atoms with Crippen molar-refractivity contribution in [3.05, 3.63) is 35.6 Å². The lowest BCUT2D eigenvalue weighted by Gasteiger charge is -2.36. The van der Waals surface area contributed by atoms with Crippen molar-refractivity contribution in [2.24, 2.45) is 0 Å². The van der Waals surface area contributed by atoms with Crippen LogP contribution >= 0.6 is 0 Å². The van der Waals surface area contributed by atoms with Gasteiger partial charge in [0, 0.05) is 24.8 Å². The summed E-state index contributed by atoms with van der Waals surface area (Å²) in [6, 6.07) is 6.85. The molecule has 22 heavy (non-hydrogen) atoms. The Balaban J connectivity index is 1.72. The fourth-order valence-electron chi connectivity index (χ4n) is 3.02. The molecule has 4 nitrogen and oxygen atoms in total. The molecule has 0 saturated carbocycles. The third kappa shape index (κ3) is 5.32. The maximum absolute atomic E-state index is 13.4. The summed E-state index contributed by atoms with van der Waals surface area (Å²) < 4.78 is 18.9. The molecule has 0 aromatic heterocycles. The number of benzene rings is 1. The molecule has 1 saturated heterocycles. The first-order valence-electron chi connectivity index (χ1n) is 8.05. The van der Waals surface area contributed by atoms with E-state index in [1.807, 2.05) is 0 Å². The van der Waals surface area contributed by atoms with E-state index < -0.39 is 6.10 Å². The number of ether oxygens (including phenoxy) is 1. The molecule has 2 N–H and O–H groups in total. The van der Waals surface area contributed by atoms with Crippen LogP contribution in [0.1, 0.15) is 31.2 Å². The third-order valence-electron chi connectivity index (χ3n) is 4.18. The molecule has 0 bridgehead atoms. The smallest absolute Gasteiger partial charge is 0.128 e. The third-order valence-corrected chi connectivity index (χ3v) is 4.18. The van der Waals surface area contributed by atoms with Gasteiger partial charge in [-0.2, -0.15) is 0 Å². The molecule has 2 rings (SSSR count). The number of aliphatic hydroxyl groups excluding tert-OH is 2. The van der Waals surface area contributed by atoms with Crippen molar-refractivity contribution < 1.29 is 19.3 Å². The quantitative estimate of drug-likeness (QED) is 0.770. The zero-order valence-corrected chi connectivity index (χ0v) is 13.0. The predicted octanol–water partition coefficient (Wildman–Crippen LogP) is 1.94. The minimum Gasteiger partial charge on any atom is -0.396 e. The molecule has 2 atom stereocenters. The first-order chi connectivity index (χ1) is 10.7. The molecule has 124 valence electrons. The summed E-state index contributed by atoms with van der Waals surface area (Å²) in [6.45, 7) is 2.04. The standard InChI is InChI=1S/C17H26FNO3/c18-17-7-2-1-5-14(17)12-22-13-16(21)11-19-9-4-3-6-15(19)8-10-20/h1-2,5,7,15-16,20-21H,3-4,6,8-13H2/t15-,16+/m0/s1. The second-order valence-electron chi connectivity index (χ2n) is 5.92. The Morgan fingerprint density at radius 3 is 2.91 bits per heavy atom. The van der Waals surface area contributed by atoms with E-state index in [1.165, 1.54) is 12.5 Å². The van der Waals surface area contributed by atoms with Crippen LogP contribution in [-0.4, -0.2) is 53.6 Å². The Kier molecular flexibility index (Phi) is 7.25. The molecule has 1 aliphatic heterocycles. The van der Waals surface area contributed by atoms with Gasteiger partial charge in [0.25, 0.3) is 0 Å². The highest BCUT2D eigenvalue weighted by Crippen LogP contribution is 2.19. The number of nitrogens with zero attached hydrogens (tertiary/aromatic N) is 1. The minimum absolute atomic E-state index is 0.170. The van der Waals surface area contributed by atoms with Crippen molar-refractivity contribution >= 4 is 0 Å². The molecule has 1 aromatic carbocycles. The zero-order valence-electron chi connectivity index (χ0n) is 13.0. The Morgan fingerprint density at radius 1 is 1.32 bits per heavy atom. The highest BCUT2D eigenvalue weighted by atomic mass is 19.1. The zero-order chi connectivity index (χ0) is 15.8. The molecule has 0 radical (unpaired) electrons. The summed E-state index contributed by atoms with van der Waals surface area (Å²) in [5, 5.41) is 19.2. The predicted molar refractivity (Wildman–Crippen MR) is 83.0 cm³/mol. The van der Waals surface area contributed by atoms with Gasteiger partial charge >= 0.3 is 0 Å². The number of rotatable bonds is 8. The van der Waals surface area contributed by atoms with Gasteiger partial charge < -0.3 is 14.9 Å². The van der Waals surface area contributed by atoms with Crippen LogP contribution in [0.2, 0.25) is 0 Å². The Bertz CT molecular complexity index is 442. The number of hydrogen-bond acceptors (Lipinski definition) is 4. The lowest BCUT2D eigenvalue weighted by molar-refractivity contribution is -0.00660. The fourth-order valence-corrected chi connectivity index (χ4v) is 3.02. The van der Waals surface area contributed by atoms with Crippen molar-refractivity contribution in [1.29, 1.82) is 0 Å². The average Bonchev–Trinajstić information content (AvgIpc) is 2.51.